The Labute approximate surface area is 75.7 Å². The molecule has 0 aromatic rings. The second kappa shape index (κ2) is 3.35. The largest absolute Gasteiger partial charge is 0.377 e. The van der Waals surface area contributed by atoms with Gasteiger partial charge >= 0.3 is 0 Å². The summed E-state index contributed by atoms with van der Waals surface area (Å²) in [7, 11) is 3.82. The molecule has 0 amide bonds. The Hall–Kier alpha value is -0.0800. The molecule has 0 saturated heterocycles. The van der Waals surface area contributed by atoms with Gasteiger partial charge in [-0.1, -0.05) is 13.8 Å². The van der Waals surface area contributed by atoms with Gasteiger partial charge in [0.15, 0.2) is 0 Å². The monoisotopic (exact) mass is 171 g/mol. The molecule has 1 saturated carbocycles. The first-order chi connectivity index (χ1) is 5.54. The fourth-order valence-electron chi connectivity index (χ4n) is 2.33. The van der Waals surface area contributed by atoms with Crippen molar-refractivity contribution in [3.63, 3.8) is 0 Å². The molecule has 0 spiro atoms. The highest BCUT2D eigenvalue weighted by molar-refractivity contribution is 4.96. The Bertz CT molecular complexity index is 156. The Morgan fingerprint density at radius 1 is 1.33 bits per heavy atom. The van der Waals surface area contributed by atoms with Gasteiger partial charge in [-0.25, -0.2) is 0 Å². The number of rotatable bonds is 3. The second-order valence-electron chi connectivity index (χ2n) is 4.76. The van der Waals surface area contributed by atoms with Crippen LogP contribution in [0.3, 0.4) is 0 Å². The first-order valence-corrected chi connectivity index (χ1v) is 4.73. The number of ether oxygens (including phenoxy) is 1. The van der Waals surface area contributed by atoms with Crippen LogP contribution in [-0.4, -0.2) is 26.3 Å². The lowest BCUT2D eigenvalue weighted by molar-refractivity contribution is -0.00941. The van der Waals surface area contributed by atoms with E-state index in [-0.39, 0.29) is 5.60 Å². The van der Waals surface area contributed by atoms with Gasteiger partial charge in [0.05, 0.1) is 5.60 Å². The van der Waals surface area contributed by atoms with Crippen molar-refractivity contribution in [1.82, 2.24) is 5.32 Å². The molecule has 72 valence electrons. The molecule has 1 atom stereocenters. The van der Waals surface area contributed by atoms with E-state index in [4.69, 9.17) is 4.74 Å². The summed E-state index contributed by atoms with van der Waals surface area (Å²) in [5.74, 6) is 0. The van der Waals surface area contributed by atoms with Crippen LogP contribution in [0.4, 0.5) is 0 Å². The number of hydrogen-bond acceptors (Lipinski definition) is 2. The van der Waals surface area contributed by atoms with E-state index in [2.05, 4.69) is 19.2 Å². The van der Waals surface area contributed by atoms with E-state index in [9.17, 15) is 0 Å². The van der Waals surface area contributed by atoms with Crippen LogP contribution in [0.5, 0.6) is 0 Å². The summed E-state index contributed by atoms with van der Waals surface area (Å²) in [4.78, 5) is 0. The van der Waals surface area contributed by atoms with Crippen molar-refractivity contribution in [2.45, 2.75) is 38.7 Å². The Balaban J connectivity index is 2.59. The zero-order valence-corrected chi connectivity index (χ0v) is 8.74. The number of hydrogen-bond donors (Lipinski definition) is 1. The first-order valence-electron chi connectivity index (χ1n) is 4.73. The molecule has 2 nitrogen and oxygen atoms in total. The van der Waals surface area contributed by atoms with Gasteiger partial charge in [0.2, 0.25) is 0 Å². The van der Waals surface area contributed by atoms with Gasteiger partial charge in [0, 0.05) is 13.7 Å². The van der Waals surface area contributed by atoms with Crippen LogP contribution in [0, 0.1) is 5.41 Å². The molecule has 1 aliphatic rings. The average Bonchev–Trinajstić information content (AvgIpc) is 2.29. The van der Waals surface area contributed by atoms with E-state index in [1.807, 2.05) is 14.2 Å². The summed E-state index contributed by atoms with van der Waals surface area (Å²) in [5.41, 5.74) is 0.575. The van der Waals surface area contributed by atoms with Crippen molar-refractivity contribution in [2.75, 3.05) is 20.7 Å². The molecule has 1 fully saturated rings. The summed E-state index contributed by atoms with van der Waals surface area (Å²) < 4.78 is 5.61. The van der Waals surface area contributed by atoms with Crippen LogP contribution >= 0.6 is 0 Å². The third-order valence-corrected chi connectivity index (χ3v) is 2.99. The summed E-state index contributed by atoms with van der Waals surface area (Å²) >= 11 is 0. The molecular formula is C10H21NO. The van der Waals surface area contributed by atoms with Gasteiger partial charge < -0.3 is 10.1 Å². The highest BCUT2D eigenvalue weighted by Gasteiger charge is 2.42. The van der Waals surface area contributed by atoms with E-state index in [0.717, 1.165) is 6.54 Å². The minimum absolute atomic E-state index is 0.109. The van der Waals surface area contributed by atoms with Crippen molar-refractivity contribution >= 4 is 0 Å². The van der Waals surface area contributed by atoms with Crippen LogP contribution in [0.25, 0.3) is 0 Å². The van der Waals surface area contributed by atoms with Crippen LogP contribution < -0.4 is 5.32 Å². The third-order valence-electron chi connectivity index (χ3n) is 2.99. The highest BCUT2D eigenvalue weighted by atomic mass is 16.5. The molecule has 1 rings (SSSR count). The Kier molecular flexibility index (Phi) is 2.79. The molecule has 0 aromatic heterocycles. The normalized spacial score (nSPS) is 34.0. The maximum Gasteiger partial charge on any atom is 0.0807 e. The standard InChI is InChI=1S/C10H21NO/c1-9(2)5-6-10(7-9,12-4)8-11-3/h11H,5-8H2,1-4H3. The van der Waals surface area contributed by atoms with Gasteiger partial charge in [-0.05, 0) is 31.7 Å². The maximum absolute atomic E-state index is 5.61. The topological polar surface area (TPSA) is 21.3 Å². The zero-order valence-electron chi connectivity index (χ0n) is 8.74. The fraction of sp³-hybridized carbons (Fsp3) is 1.00. The van der Waals surface area contributed by atoms with Crippen molar-refractivity contribution in [3.05, 3.63) is 0 Å². The lowest BCUT2D eigenvalue weighted by Crippen LogP contribution is -2.39. The molecule has 0 aliphatic heterocycles. The quantitative estimate of drug-likeness (QED) is 0.699. The lowest BCUT2D eigenvalue weighted by atomic mass is 9.89. The Morgan fingerprint density at radius 2 is 2.00 bits per heavy atom. The molecule has 1 aliphatic carbocycles. The second-order valence-corrected chi connectivity index (χ2v) is 4.76. The van der Waals surface area contributed by atoms with Gasteiger partial charge in [-0.15, -0.1) is 0 Å². The van der Waals surface area contributed by atoms with Crippen molar-refractivity contribution in [1.29, 1.82) is 0 Å². The first kappa shape index (κ1) is 10.0. The van der Waals surface area contributed by atoms with E-state index in [0.29, 0.717) is 5.41 Å². The fourth-order valence-corrected chi connectivity index (χ4v) is 2.33. The number of likely N-dealkylation sites (N-methyl/N-ethyl adjacent to an activating group) is 1. The lowest BCUT2D eigenvalue weighted by Gasteiger charge is -2.29. The molecular weight excluding hydrogens is 150 g/mol. The summed E-state index contributed by atoms with van der Waals surface area (Å²) in [6.07, 6.45) is 3.65. The summed E-state index contributed by atoms with van der Waals surface area (Å²) in [5, 5.41) is 3.21. The number of methoxy groups -OCH3 is 1. The highest BCUT2D eigenvalue weighted by Crippen LogP contribution is 2.44. The minimum atomic E-state index is 0.109. The van der Waals surface area contributed by atoms with Crippen LogP contribution in [0.15, 0.2) is 0 Å². The molecule has 2 heteroatoms. The number of nitrogens with one attached hydrogen (secondary N) is 1. The SMILES string of the molecule is CNCC1(OC)CCC(C)(C)C1. The molecule has 0 aromatic carbocycles. The predicted molar refractivity (Wildman–Crippen MR) is 51.3 cm³/mol. The van der Waals surface area contributed by atoms with Crippen LogP contribution in [0.1, 0.15) is 33.1 Å². The summed E-state index contributed by atoms with van der Waals surface area (Å²) in [6.45, 7) is 5.62. The average molecular weight is 171 g/mol. The molecule has 12 heavy (non-hydrogen) atoms. The molecule has 0 bridgehead atoms. The molecule has 1 unspecified atom stereocenters. The Morgan fingerprint density at radius 3 is 2.33 bits per heavy atom. The van der Waals surface area contributed by atoms with E-state index >= 15 is 0 Å². The predicted octanol–water partition coefficient (Wildman–Crippen LogP) is 1.80. The molecule has 1 N–H and O–H groups in total. The molecule has 0 radical (unpaired) electrons. The van der Waals surface area contributed by atoms with Gasteiger partial charge in [0.25, 0.3) is 0 Å². The maximum atomic E-state index is 5.61. The third kappa shape index (κ3) is 1.99. The van der Waals surface area contributed by atoms with Gasteiger partial charge in [-0.2, -0.15) is 0 Å². The van der Waals surface area contributed by atoms with Crippen molar-refractivity contribution in [2.24, 2.45) is 5.41 Å². The smallest absolute Gasteiger partial charge is 0.0807 e. The summed E-state index contributed by atoms with van der Waals surface area (Å²) in [6, 6.07) is 0. The minimum Gasteiger partial charge on any atom is -0.377 e. The van der Waals surface area contributed by atoms with Crippen LogP contribution in [-0.2, 0) is 4.74 Å². The van der Waals surface area contributed by atoms with E-state index in [1.54, 1.807) is 0 Å². The van der Waals surface area contributed by atoms with E-state index < -0.39 is 0 Å². The van der Waals surface area contributed by atoms with Gasteiger partial charge in [-0.3, -0.25) is 0 Å². The van der Waals surface area contributed by atoms with Crippen molar-refractivity contribution in [3.8, 4) is 0 Å². The van der Waals surface area contributed by atoms with Crippen LogP contribution in [0.2, 0.25) is 0 Å². The zero-order chi connectivity index (χ0) is 9.24. The van der Waals surface area contributed by atoms with E-state index in [1.165, 1.54) is 19.3 Å². The van der Waals surface area contributed by atoms with Gasteiger partial charge in [0.1, 0.15) is 0 Å². The molecule has 0 heterocycles. The van der Waals surface area contributed by atoms with Crippen molar-refractivity contribution < 1.29 is 4.74 Å².